The second-order valence-electron chi connectivity index (χ2n) is 5.74. The van der Waals surface area contributed by atoms with Crippen molar-refractivity contribution in [2.45, 2.75) is 51.0 Å². The molecule has 0 radical (unpaired) electrons. The smallest absolute Gasteiger partial charge is 0.00699 e. The largest absolute Gasteiger partial charge is 0.314 e. The molecular formula is C15H23NS. The number of nitrogens with one attached hydrogen (secondary N) is 1. The SMILES string of the molecule is c1csc(CCNC2CCCC(C3CC3)C2)c1. The summed E-state index contributed by atoms with van der Waals surface area (Å²) in [5.74, 6) is 2.17. The Hall–Kier alpha value is -0.340. The predicted octanol–water partition coefficient (Wildman–Crippen LogP) is 3.85. The van der Waals surface area contributed by atoms with Gasteiger partial charge >= 0.3 is 0 Å². The highest BCUT2D eigenvalue weighted by molar-refractivity contribution is 7.09. The van der Waals surface area contributed by atoms with E-state index in [1.807, 2.05) is 11.3 Å². The Morgan fingerprint density at radius 2 is 2.12 bits per heavy atom. The second kappa shape index (κ2) is 5.53. The lowest BCUT2D eigenvalue weighted by Gasteiger charge is -2.30. The minimum Gasteiger partial charge on any atom is -0.314 e. The molecule has 2 aliphatic rings. The van der Waals surface area contributed by atoms with E-state index in [2.05, 4.69) is 22.8 Å². The van der Waals surface area contributed by atoms with Gasteiger partial charge in [-0.15, -0.1) is 11.3 Å². The maximum absolute atomic E-state index is 3.78. The number of hydrogen-bond acceptors (Lipinski definition) is 2. The minimum absolute atomic E-state index is 0.814. The van der Waals surface area contributed by atoms with E-state index in [0.717, 1.165) is 17.9 Å². The number of hydrogen-bond donors (Lipinski definition) is 1. The van der Waals surface area contributed by atoms with Crippen LogP contribution in [-0.2, 0) is 6.42 Å². The third kappa shape index (κ3) is 3.32. The summed E-state index contributed by atoms with van der Waals surface area (Å²) < 4.78 is 0. The van der Waals surface area contributed by atoms with Gasteiger partial charge in [-0.2, -0.15) is 0 Å². The summed E-state index contributed by atoms with van der Waals surface area (Å²) in [4.78, 5) is 1.52. The number of thiophene rings is 1. The predicted molar refractivity (Wildman–Crippen MR) is 74.5 cm³/mol. The van der Waals surface area contributed by atoms with E-state index in [1.165, 1.54) is 56.4 Å². The lowest BCUT2D eigenvalue weighted by molar-refractivity contribution is 0.262. The molecule has 1 heterocycles. The van der Waals surface area contributed by atoms with Crippen LogP contribution in [0.15, 0.2) is 17.5 Å². The molecule has 0 amide bonds. The van der Waals surface area contributed by atoms with Crippen molar-refractivity contribution < 1.29 is 0 Å². The summed E-state index contributed by atoms with van der Waals surface area (Å²) in [6.07, 6.45) is 10.1. The maximum atomic E-state index is 3.78. The molecular weight excluding hydrogens is 226 g/mol. The van der Waals surface area contributed by atoms with Crippen molar-refractivity contribution in [1.82, 2.24) is 5.32 Å². The van der Waals surface area contributed by atoms with E-state index < -0.39 is 0 Å². The van der Waals surface area contributed by atoms with Gasteiger partial charge in [-0.25, -0.2) is 0 Å². The van der Waals surface area contributed by atoms with Crippen molar-refractivity contribution in [3.8, 4) is 0 Å². The highest BCUT2D eigenvalue weighted by atomic mass is 32.1. The molecule has 1 N–H and O–H groups in total. The normalized spacial score (nSPS) is 29.4. The van der Waals surface area contributed by atoms with Gasteiger partial charge in [0.2, 0.25) is 0 Å². The molecule has 0 spiro atoms. The first-order valence-electron chi connectivity index (χ1n) is 7.17. The summed E-state index contributed by atoms with van der Waals surface area (Å²) in [6.45, 7) is 1.17. The Balaban J connectivity index is 1.39. The first-order chi connectivity index (χ1) is 8.42. The first kappa shape index (κ1) is 11.7. The first-order valence-corrected chi connectivity index (χ1v) is 8.05. The van der Waals surface area contributed by atoms with Gasteiger partial charge in [0.05, 0.1) is 0 Å². The molecule has 0 saturated heterocycles. The fourth-order valence-electron chi connectivity index (χ4n) is 3.26. The summed E-state index contributed by atoms with van der Waals surface area (Å²) in [5, 5.41) is 5.96. The maximum Gasteiger partial charge on any atom is 0.00699 e. The van der Waals surface area contributed by atoms with Crippen LogP contribution in [-0.4, -0.2) is 12.6 Å². The Bertz CT molecular complexity index is 329. The molecule has 1 aromatic heterocycles. The third-order valence-electron chi connectivity index (χ3n) is 4.39. The zero-order valence-corrected chi connectivity index (χ0v) is 11.3. The van der Waals surface area contributed by atoms with Crippen molar-refractivity contribution in [2.75, 3.05) is 6.54 Å². The molecule has 17 heavy (non-hydrogen) atoms. The summed E-state index contributed by atoms with van der Waals surface area (Å²) >= 11 is 1.88. The molecule has 0 bridgehead atoms. The fraction of sp³-hybridized carbons (Fsp3) is 0.733. The van der Waals surface area contributed by atoms with Gasteiger partial charge in [0.1, 0.15) is 0 Å². The van der Waals surface area contributed by atoms with Crippen LogP contribution in [0.25, 0.3) is 0 Å². The molecule has 2 fully saturated rings. The molecule has 2 unspecified atom stereocenters. The standard InChI is InChI=1S/C15H23NS/c1-3-13(12-6-7-12)11-14(4-1)16-9-8-15-5-2-10-17-15/h2,5,10,12-14,16H,1,3-4,6-9,11H2. The quantitative estimate of drug-likeness (QED) is 0.836. The Kier molecular flexibility index (Phi) is 3.82. The van der Waals surface area contributed by atoms with Gasteiger partial charge in [0.15, 0.2) is 0 Å². The molecule has 0 aliphatic heterocycles. The van der Waals surface area contributed by atoms with Crippen LogP contribution in [0.2, 0.25) is 0 Å². The monoisotopic (exact) mass is 249 g/mol. The number of rotatable bonds is 5. The zero-order chi connectivity index (χ0) is 11.5. The van der Waals surface area contributed by atoms with Crippen molar-refractivity contribution in [1.29, 1.82) is 0 Å². The summed E-state index contributed by atoms with van der Waals surface area (Å²) in [6, 6.07) is 5.22. The van der Waals surface area contributed by atoms with Gasteiger partial charge in [-0.1, -0.05) is 18.9 Å². The molecule has 0 aromatic carbocycles. The van der Waals surface area contributed by atoms with Crippen molar-refractivity contribution in [2.24, 2.45) is 11.8 Å². The van der Waals surface area contributed by atoms with Gasteiger partial charge in [0, 0.05) is 17.5 Å². The van der Waals surface area contributed by atoms with Crippen LogP contribution in [0.1, 0.15) is 43.4 Å². The van der Waals surface area contributed by atoms with Crippen LogP contribution in [0, 0.1) is 11.8 Å². The van der Waals surface area contributed by atoms with E-state index in [0.29, 0.717) is 0 Å². The van der Waals surface area contributed by atoms with Crippen molar-refractivity contribution >= 4 is 11.3 Å². The van der Waals surface area contributed by atoms with Gasteiger partial charge in [-0.3, -0.25) is 0 Å². The van der Waals surface area contributed by atoms with Crippen molar-refractivity contribution in [3.63, 3.8) is 0 Å². The molecule has 1 nitrogen and oxygen atoms in total. The average molecular weight is 249 g/mol. The third-order valence-corrected chi connectivity index (χ3v) is 5.32. The summed E-state index contributed by atoms with van der Waals surface area (Å²) in [7, 11) is 0. The van der Waals surface area contributed by atoms with Crippen LogP contribution >= 0.6 is 11.3 Å². The highest BCUT2D eigenvalue weighted by Crippen LogP contribution is 2.43. The lowest BCUT2D eigenvalue weighted by Crippen LogP contribution is -2.35. The second-order valence-corrected chi connectivity index (χ2v) is 6.78. The Labute approximate surface area is 109 Å². The minimum atomic E-state index is 0.814. The van der Waals surface area contributed by atoms with E-state index in [-0.39, 0.29) is 0 Å². The van der Waals surface area contributed by atoms with Crippen LogP contribution < -0.4 is 5.32 Å². The molecule has 2 atom stereocenters. The van der Waals surface area contributed by atoms with Crippen molar-refractivity contribution in [3.05, 3.63) is 22.4 Å². The zero-order valence-electron chi connectivity index (χ0n) is 10.5. The molecule has 3 rings (SSSR count). The van der Waals surface area contributed by atoms with Crippen LogP contribution in [0.4, 0.5) is 0 Å². The topological polar surface area (TPSA) is 12.0 Å². The van der Waals surface area contributed by atoms with E-state index in [9.17, 15) is 0 Å². The van der Waals surface area contributed by atoms with Gasteiger partial charge in [-0.05, 0) is 55.4 Å². The Morgan fingerprint density at radius 3 is 2.88 bits per heavy atom. The highest BCUT2D eigenvalue weighted by Gasteiger charge is 2.34. The van der Waals surface area contributed by atoms with Gasteiger partial charge < -0.3 is 5.32 Å². The van der Waals surface area contributed by atoms with Gasteiger partial charge in [0.25, 0.3) is 0 Å². The van der Waals surface area contributed by atoms with E-state index in [1.54, 1.807) is 0 Å². The fourth-order valence-corrected chi connectivity index (χ4v) is 3.97. The van der Waals surface area contributed by atoms with Crippen LogP contribution in [0.5, 0.6) is 0 Å². The summed E-state index contributed by atoms with van der Waals surface area (Å²) in [5.41, 5.74) is 0. The van der Waals surface area contributed by atoms with Crippen LogP contribution in [0.3, 0.4) is 0 Å². The molecule has 94 valence electrons. The molecule has 1 aromatic rings. The van der Waals surface area contributed by atoms with E-state index in [4.69, 9.17) is 0 Å². The molecule has 2 heteroatoms. The lowest BCUT2D eigenvalue weighted by atomic mass is 9.83. The van der Waals surface area contributed by atoms with E-state index >= 15 is 0 Å². The molecule has 2 saturated carbocycles. The average Bonchev–Trinajstić information content (AvgIpc) is 3.09. The molecule has 2 aliphatic carbocycles. The Morgan fingerprint density at radius 1 is 1.18 bits per heavy atom.